The van der Waals surface area contributed by atoms with Crippen LogP contribution < -0.4 is 0 Å². The number of morpholine rings is 1. The van der Waals surface area contributed by atoms with Gasteiger partial charge in [-0.25, -0.2) is 0 Å². The van der Waals surface area contributed by atoms with Crippen LogP contribution in [0.25, 0.3) is 0 Å². The van der Waals surface area contributed by atoms with Gasteiger partial charge in [-0.1, -0.05) is 23.7 Å². The summed E-state index contributed by atoms with van der Waals surface area (Å²) >= 11 is 5.95. The second kappa shape index (κ2) is 6.56. The third-order valence-corrected chi connectivity index (χ3v) is 4.17. The molecule has 1 aromatic carbocycles. The van der Waals surface area contributed by atoms with E-state index in [1.165, 1.54) is 16.7 Å². The minimum Gasteiger partial charge on any atom is -0.371 e. The van der Waals surface area contributed by atoms with E-state index < -0.39 is 0 Å². The predicted octanol–water partition coefficient (Wildman–Crippen LogP) is 3.62. The van der Waals surface area contributed by atoms with Crippen molar-refractivity contribution >= 4 is 11.6 Å². The van der Waals surface area contributed by atoms with E-state index in [0.29, 0.717) is 0 Å². The fourth-order valence-corrected chi connectivity index (χ4v) is 2.77. The van der Waals surface area contributed by atoms with E-state index >= 15 is 0 Å². The van der Waals surface area contributed by atoms with Crippen molar-refractivity contribution in [3.8, 4) is 0 Å². The molecule has 1 fully saturated rings. The van der Waals surface area contributed by atoms with Crippen LogP contribution in [0, 0.1) is 6.92 Å². The first kappa shape index (κ1) is 14.5. The van der Waals surface area contributed by atoms with Gasteiger partial charge >= 0.3 is 0 Å². The van der Waals surface area contributed by atoms with Crippen molar-refractivity contribution in [1.82, 2.24) is 9.88 Å². The largest absolute Gasteiger partial charge is 0.371 e. The number of aryl methyl sites for hydroxylation is 1. The van der Waals surface area contributed by atoms with Gasteiger partial charge in [0.05, 0.1) is 12.7 Å². The maximum atomic E-state index is 5.95. The van der Waals surface area contributed by atoms with Crippen LogP contribution in [0.5, 0.6) is 0 Å². The van der Waals surface area contributed by atoms with E-state index in [-0.39, 0.29) is 6.10 Å². The van der Waals surface area contributed by atoms with Gasteiger partial charge in [0, 0.05) is 37.1 Å². The lowest BCUT2D eigenvalue weighted by molar-refractivity contribution is -0.0329. The standard InChI is InChI=1S/C17H19ClN2O/c1-13-10-19-7-6-15(13)11-20-8-9-21-17(12-20)14-2-4-16(18)5-3-14/h2-7,10,17H,8-9,11-12H2,1H3/t17-/m0/s1. The molecule has 0 spiro atoms. The van der Waals surface area contributed by atoms with E-state index in [4.69, 9.17) is 16.3 Å². The van der Waals surface area contributed by atoms with Gasteiger partial charge in [-0.05, 0) is 41.8 Å². The van der Waals surface area contributed by atoms with Crippen LogP contribution in [-0.2, 0) is 11.3 Å². The predicted molar refractivity (Wildman–Crippen MR) is 84.4 cm³/mol. The van der Waals surface area contributed by atoms with E-state index in [9.17, 15) is 0 Å². The maximum Gasteiger partial charge on any atom is 0.0952 e. The average Bonchev–Trinajstić information content (AvgIpc) is 2.51. The lowest BCUT2D eigenvalue weighted by Crippen LogP contribution is -2.37. The summed E-state index contributed by atoms with van der Waals surface area (Å²) in [6, 6.07) is 10.0. The Morgan fingerprint density at radius 1 is 1.29 bits per heavy atom. The van der Waals surface area contributed by atoms with Gasteiger partial charge in [-0.2, -0.15) is 0 Å². The van der Waals surface area contributed by atoms with Crippen LogP contribution in [0.1, 0.15) is 22.8 Å². The highest BCUT2D eigenvalue weighted by atomic mass is 35.5. The molecule has 0 radical (unpaired) electrons. The molecule has 1 aromatic heterocycles. The van der Waals surface area contributed by atoms with Crippen LogP contribution in [0.2, 0.25) is 5.02 Å². The average molecular weight is 303 g/mol. The van der Waals surface area contributed by atoms with Crippen LogP contribution in [0.15, 0.2) is 42.7 Å². The first-order chi connectivity index (χ1) is 10.2. The summed E-state index contributed by atoms with van der Waals surface area (Å²) in [6.45, 7) is 5.69. The number of aromatic nitrogens is 1. The highest BCUT2D eigenvalue weighted by Crippen LogP contribution is 2.24. The van der Waals surface area contributed by atoms with Gasteiger partial charge in [0.1, 0.15) is 0 Å². The van der Waals surface area contributed by atoms with Crippen molar-refractivity contribution in [1.29, 1.82) is 0 Å². The zero-order chi connectivity index (χ0) is 14.7. The fraction of sp³-hybridized carbons (Fsp3) is 0.353. The number of nitrogens with zero attached hydrogens (tertiary/aromatic N) is 2. The molecule has 110 valence electrons. The molecule has 2 aromatic rings. The molecule has 0 unspecified atom stereocenters. The molecule has 1 aliphatic rings. The minimum atomic E-state index is 0.123. The maximum absolute atomic E-state index is 5.95. The summed E-state index contributed by atoms with van der Waals surface area (Å²) in [5, 5.41) is 0.763. The Kier molecular flexibility index (Phi) is 4.54. The van der Waals surface area contributed by atoms with Crippen molar-refractivity contribution < 1.29 is 4.74 Å². The molecule has 3 rings (SSSR count). The molecule has 21 heavy (non-hydrogen) atoms. The second-order valence-electron chi connectivity index (χ2n) is 5.45. The molecule has 0 amide bonds. The van der Waals surface area contributed by atoms with Gasteiger partial charge in [-0.3, -0.25) is 9.88 Å². The van der Waals surface area contributed by atoms with E-state index in [0.717, 1.165) is 31.3 Å². The number of benzene rings is 1. The number of halogens is 1. The molecule has 1 atom stereocenters. The summed E-state index contributed by atoms with van der Waals surface area (Å²) in [6.07, 6.45) is 3.91. The number of hydrogen-bond donors (Lipinski definition) is 0. The smallest absolute Gasteiger partial charge is 0.0952 e. The molecule has 0 N–H and O–H groups in total. The first-order valence-electron chi connectivity index (χ1n) is 7.21. The van der Waals surface area contributed by atoms with E-state index in [2.05, 4.69) is 22.9 Å². The molecule has 0 bridgehead atoms. The molecule has 2 heterocycles. The zero-order valence-electron chi connectivity index (χ0n) is 12.1. The molecule has 1 aliphatic heterocycles. The van der Waals surface area contributed by atoms with Crippen LogP contribution >= 0.6 is 11.6 Å². The topological polar surface area (TPSA) is 25.4 Å². The Morgan fingerprint density at radius 3 is 2.86 bits per heavy atom. The van der Waals surface area contributed by atoms with Crippen LogP contribution in [-0.4, -0.2) is 29.6 Å². The third kappa shape index (κ3) is 3.62. The van der Waals surface area contributed by atoms with Gasteiger partial charge < -0.3 is 4.74 Å². The molecule has 4 heteroatoms. The second-order valence-corrected chi connectivity index (χ2v) is 5.88. The zero-order valence-corrected chi connectivity index (χ0v) is 12.9. The molecule has 0 aliphatic carbocycles. The Labute approximate surface area is 130 Å². The van der Waals surface area contributed by atoms with Crippen molar-refractivity contribution in [2.24, 2.45) is 0 Å². The Hall–Kier alpha value is -1.42. The Balaban J connectivity index is 1.68. The van der Waals surface area contributed by atoms with Crippen LogP contribution in [0.4, 0.5) is 0 Å². The van der Waals surface area contributed by atoms with E-state index in [1.54, 1.807) is 0 Å². The number of rotatable bonds is 3. The van der Waals surface area contributed by atoms with Crippen molar-refractivity contribution in [3.63, 3.8) is 0 Å². The summed E-state index contributed by atoms with van der Waals surface area (Å²) < 4.78 is 5.90. The van der Waals surface area contributed by atoms with Crippen molar-refractivity contribution in [3.05, 3.63) is 64.4 Å². The Bertz CT molecular complexity index is 600. The minimum absolute atomic E-state index is 0.123. The molecule has 0 saturated carbocycles. The van der Waals surface area contributed by atoms with Gasteiger partial charge in [-0.15, -0.1) is 0 Å². The third-order valence-electron chi connectivity index (χ3n) is 3.92. The normalized spacial score (nSPS) is 19.6. The number of pyridine rings is 1. The SMILES string of the molecule is Cc1cnccc1CN1CCO[C@H](c2ccc(Cl)cc2)C1. The van der Waals surface area contributed by atoms with Gasteiger partial charge in [0.25, 0.3) is 0 Å². The quantitative estimate of drug-likeness (QED) is 0.866. The number of ether oxygens (including phenoxy) is 1. The van der Waals surface area contributed by atoms with Crippen molar-refractivity contribution in [2.45, 2.75) is 19.6 Å². The summed E-state index contributed by atoms with van der Waals surface area (Å²) in [7, 11) is 0. The fourth-order valence-electron chi connectivity index (χ4n) is 2.65. The monoisotopic (exact) mass is 302 g/mol. The van der Waals surface area contributed by atoms with Crippen LogP contribution in [0.3, 0.4) is 0 Å². The summed E-state index contributed by atoms with van der Waals surface area (Å²) in [4.78, 5) is 6.59. The Morgan fingerprint density at radius 2 is 2.10 bits per heavy atom. The molecular formula is C17H19ClN2O. The van der Waals surface area contributed by atoms with Crippen molar-refractivity contribution in [2.75, 3.05) is 19.7 Å². The first-order valence-corrected chi connectivity index (χ1v) is 7.59. The lowest BCUT2D eigenvalue weighted by atomic mass is 10.1. The highest BCUT2D eigenvalue weighted by molar-refractivity contribution is 6.30. The molecular weight excluding hydrogens is 284 g/mol. The van der Waals surface area contributed by atoms with Gasteiger partial charge in [0.15, 0.2) is 0 Å². The molecule has 3 nitrogen and oxygen atoms in total. The summed E-state index contributed by atoms with van der Waals surface area (Å²) in [5.74, 6) is 0. The summed E-state index contributed by atoms with van der Waals surface area (Å²) in [5.41, 5.74) is 3.77. The van der Waals surface area contributed by atoms with E-state index in [1.807, 2.05) is 36.7 Å². The molecule has 1 saturated heterocycles. The van der Waals surface area contributed by atoms with Gasteiger partial charge in [0.2, 0.25) is 0 Å². The lowest BCUT2D eigenvalue weighted by Gasteiger charge is -2.33. The number of hydrogen-bond acceptors (Lipinski definition) is 3. The highest BCUT2D eigenvalue weighted by Gasteiger charge is 2.22.